The van der Waals surface area contributed by atoms with Gasteiger partial charge in [0.1, 0.15) is 28.1 Å². The van der Waals surface area contributed by atoms with Crippen LogP contribution in [0.2, 0.25) is 0 Å². The number of hydrogen-bond acceptors (Lipinski definition) is 6. The van der Waals surface area contributed by atoms with Crippen molar-refractivity contribution in [3.63, 3.8) is 0 Å². The quantitative estimate of drug-likeness (QED) is 0.298. The van der Waals surface area contributed by atoms with Gasteiger partial charge in [-0.25, -0.2) is 0 Å². The van der Waals surface area contributed by atoms with E-state index in [1.807, 2.05) is 0 Å². The molecule has 3 rings (SSSR count). The molecule has 0 aliphatic carbocycles. The fourth-order valence-corrected chi connectivity index (χ4v) is 3.13. The van der Waals surface area contributed by atoms with Gasteiger partial charge in [0.15, 0.2) is 11.5 Å². The van der Waals surface area contributed by atoms with Crippen molar-refractivity contribution in [1.29, 1.82) is 0 Å². The van der Waals surface area contributed by atoms with E-state index in [1.165, 1.54) is 43.5 Å². The minimum Gasteiger partial charge on any atom is -0.508 e. The highest BCUT2D eigenvalue weighted by Crippen LogP contribution is 2.34. The van der Waals surface area contributed by atoms with Crippen molar-refractivity contribution >= 4 is 21.9 Å². The van der Waals surface area contributed by atoms with Crippen LogP contribution in [0.25, 0.3) is 21.9 Å². The zero-order valence-electron chi connectivity index (χ0n) is 15.3. The molecule has 2 aromatic carbocycles. The first-order valence-corrected chi connectivity index (χ1v) is 9.29. The summed E-state index contributed by atoms with van der Waals surface area (Å²) in [5, 5.41) is 29.6. The van der Waals surface area contributed by atoms with E-state index in [4.69, 9.17) is 9.15 Å². The fraction of sp³-hybridized carbons (Fsp3) is 0.381. The second-order valence-corrected chi connectivity index (χ2v) is 6.70. The third kappa shape index (κ3) is 4.10. The van der Waals surface area contributed by atoms with Gasteiger partial charge in [-0.3, -0.25) is 4.79 Å². The number of fused-ring (bicyclic) bond motifs is 2. The molecule has 0 bridgehead atoms. The van der Waals surface area contributed by atoms with E-state index < -0.39 is 5.75 Å². The Bertz CT molecular complexity index is 1010. The topological polar surface area (TPSA) is 100 Å². The third-order valence-electron chi connectivity index (χ3n) is 4.57. The number of ether oxygens (including phenoxy) is 1. The van der Waals surface area contributed by atoms with Crippen LogP contribution in [0.1, 0.15) is 45.4 Å². The van der Waals surface area contributed by atoms with Crippen molar-refractivity contribution in [3.8, 4) is 23.0 Å². The molecule has 0 amide bonds. The number of unbranched alkanes of at least 4 members (excludes halogenated alkanes) is 5. The molecule has 27 heavy (non-hydrogen) atoms. The van der Waals surface area contributed by atoms with Crippen LogP contribution in [0, 0.1) is 0 Å². The minimum atomic E-state index is -0.400. The van der Waals surface area contributed by atoms with Crippen molar-refractivity contribution in [2.75, 3.05) is 6.61 Å². The first kappa shape index (κ1) is 18.9. The minimum absolute atomic E-state index is 0.0778. The Morgan fingerprint density at radius 3 is 2.37 bits per heavy atom. The highest BCUT2D eigenvalue weighted by Gasteiger charge is 2.16. The number of rotatable bonds is 8. The predicted octanol–water partition coefficient (Wildman–Crippen LogP) is 4.80. The molecule has 3 N–H and O–H groups in total. The first-order chi connectivity index (χ1) is 13.0. The van der Waals surface area contributed by atoms with Crippen molar-refractivity contribution in [2.45, 2.75) is 45.4 Å². The molecule has 1 heterocycles. The number of aromatic hydroxyl groups is 3. The van der Waals surface area contributed by atoms with Crippen LogP contribution < -0.4 is 10.2 Å². The van der Waals surface area contributed by atoms with Crippen LogP contribution in [-0.2, 0) is 0 Å². The molecule has 0 saturated heterocycles. The van der Waals surface area contributed by atoms with E-state index in [2.05, 4.69) is 6.92 Å². The standard InChI is InChI=1S/C21H24O6/c1-2-3-4-5-6-7-8-26-18-9-13(22)10-19-20(18)21(25)14-11-15(23)16(24)12-17(14)27-19/h9-12,22-24H,2-8H2,1H3. The number of hydrogen-bond donors (Lipinski definition) is 3. The zero-order chi connectivity index (χ0) is 19.4. The maximum absolute atomic E-state index is 12.9. The Kier molecular flexibility index (Phi) is 5.74. The van der Waals surface area contributed by atoms with E-state index in [-0.39, 0.29) is 44.6 Å². The van der Waals surface area contributed by atoms with Crippen LogP contribution in [0.5, 0.6) is 23.0 Å². The van der Waals surface area contributed by atoms with Crippen molar-refractivity contribution in [1.82, 2.24) is 0 Å². The Balaban J connectivity index is 1.90. The lowest BCUT2D eigenvalue weighted by Crippen LogP contribution is -2.06. The molecule has 0 spiro atoms. The van der Waals surface area contributed by atoms with E-state index in [9.17, 15) is 20.1 Å². The second kappa shape index (κ2) is 8.20. The molecule has 6 nitrogen and oxygen atoms in total. The van der Waals surface area contributed by atoms with Crippen LogP contribution in [-0.4, -0.2) is 21.9 Å². The van der Waals surface area contributed by atoms with Gasteiger partial charge in [-0.15, -0.1) is 0 Å². The summed E-state index contributed by atoms with van der Waals surface area (Å²) in [5.74, 6) is -0.611. The molecule has 0 aliphatic heterocycles. The van der Waals surface area contributed by atoms with Crippen LogP contribution >= 0.6 is 0 Å². The lowest BCUT2D eigenvalue weighted by molar-refractivity contribution is 0.306. The Labute approximate surface area is 156 Å². The van der Waals surface area contributed by atoms with Crippen LogP contribution in [0.15, 0.2) is 33.5 Å². The van der Waals surface area contributed by atoms with Gasteiger partial charge < -0.3 is 24.5 Å². The maximum atomic E-state index is 12.9. The smallest absolute Gasteiger partial charge is 0.204 e. The molecule has 1 aromatic heterocycles. The summed E-state index contributed by atoms with van der Waals surface area (Å²) in [6.45, 7) is 2.61. The van der Waals surface area contributed by atoms with Crippen LogP contribution in [0.3, 0.4) is 0 Å². The predicted molar refractivity (Wildman–Crippen MR) is 104 cm³/mol. The lowest BCUT2D eigenvalue weighted by Gasteiger charge is -2.10. The molecule has 0 unspecified atom stereocenters. The zero-order valence-corrected chi connectivity index (χ0v) is 15.3. The fourth-order valence-electron chi connectivity index (χ4n) is 3.13. The average Bonchev–Trinajstić information content (AvgIpc) is 2.62. The van der Waals surface area contributed by atoms with Crippen molar-refractivity contribution in [2.24, 2.45) is 0 Å². The molecule has 0 saturated carbocycles. The van der Waals surface area contributed by atoms with Crippen LogP contribution in [0.4, 0.5) is 0 Å². The highest BCUT2D eigenvalue weighted by atomic mass is 16.5. The third-order valence-corrected chi connectivity index (χ3v) is 4.57. The summed E-state index contributed by atoms with van der Waals surface area (Å²) < 4.78 is 11.4. The number of benzene rings is 2. The van der Waals surface area contributed by atoms with Crippen molar-refractivity contribution in [3.05, 3.63) is 34.5 Å². The molecule has 0 atom stereocenters. The molecular weight excluding hydrogens is 348 g/mol. The van der Waals surface area contributed by atoms with Gasteiger partial charge in [-0.1, -0.05) is 39.0 Å². The van der Waals surface area contributed by atoms with Crippen molar-refractivity contribution < 1.29 is 24.5 Å². The highest BCUT2D eigenvalue weighted by molar-refractivity contribution is 5.95. The van der Waals surface area contributed by atoms with E-state index in [0.717, 1.165) is 19.3 Å². The van der Waals surface area contributed by atoms with Gasteiger partial charge in [0.25, 0.3) is 0 Å². The van der Waals surface area contributed by atoms with Gasteiger partial charge in [-0.2, -0.15) is 0 Å². The van der Waals surface area contributed by atoms with Gasteiger partial charge in [0, 0.05) is 18.2 Å². The maximum Gasteiger partial charge on any atom is 0.204 e. The molecule has 144 valence electrons. The first-order valence-electron chi connectivity index (χ1n) is 9.29. The van der Waals surface area contributed by atoms with E-state index >= 15 is 0 Å². The summed E-state index contributed by atoms with van der Waals surface area (Å²) in [4.78, 5) is 12.9. The second-order valence-electron chi connectivity index (χ2n) is 6.70. The van der Waals surface area contributed by atoms with Gasteiger partial charge in [-0.05, 0) is 12.5 Å². The Morgan fingerprint density at radius 1 is 0.889 bits per heavy atom. The Morgan fingerprint density at radius 2 is 1.59 bits per heavy atom. The molecule has 6 heteroatoms. The van der Waals surface area contributed by atoms with Gasteiger partial charge >= 0.3 is 0 Å². The van der Waals surface area contributed by atoms with E-state index in [0.29, 0.717) is 6.61 Å². The lowest BCUT2D eigenvalue weighted by atomic mass is 10.1. The molecular formula is C21H24O6. The summed E-state index contributed by atoms with van der Waals surface area (Å²) in [5.41, 5.74) is -0.106. The summed E-state index contributed by atoms with van der Waals surface area (Å²) in [6.07, 6.45) is 6.68. The normalized spacial score (nSPS) is 11.3. The monoisotopic (exact) mass is 372 g/mol. The molecule has 0 fully saturated rings. The van der Waals surface area contributed by atoms with E-state index in [1.54, 1.807) is 0 Å². The van der Waals surface area contributed by atoms with Gasteiger partial charge in [0.2, 0.25) is 5.43 Å². The number of phenolic OH excluding ortho intramolecular Hbond substituents is 3. The summed E-state index contributed by atoms with van der Waals surface area (Å²) in [7, 11) is 0. The molecule has 0 aliphatic rings. The van der Waals surface area contributed by atoms with Gasteiger partial charge in [0.05, 0.1) is 12.0 Å². The largest absolute Gasteiger partial charge is 0.508 e. The number of phenols is 3. The summed E-state index contributed by atoms with van der Waals surface area (Å²) in [6, 6.07) is 5.06. The average molecular weight is 372 g/mol. The molecule has 0 radical (unpaired) electrons. The Hall–Kier alpha value is -2.89. The SMILES string of the molecule is CCCCCCCCOc1cc(O)cc2oc3cc(O)c(O)cc3c(=O)c12. The molecule has 3 aromatic rings. The summed E-state index contributed by atoms with van der Waals surface area (Å²) >= 11 is 0.